The van der Waals surface area contributed by atoms with Crippen molar-refractivity contribution in [2.75, 3.05) is 44.7 Å². The molecule has 138 valence electrons. The van der Waals surface area contributed by atoms with E-state index in [0.29, 0.717) is 42.6 Å². The predicted octanol–water partition coefficient (Wildman–Crippen LogP) is 1.38. The summed E-state index contributed by atoms with van der Waals surface area (Å²) in [5.74, 6) is 0.939. The Balaban J connectivity index is 0.00000225. The number of carbonyl (C=O) groups is 2. The van der Waals surface area contributed by atoms with Crippen LogP contribution < -0.4 is 25.6 Å². The molecule has 0 radical (unpaired) electrons. The number of piperidine rings is 1. The molecule has 0 spiro atoms. The standard InChI is InChI=1S/C17H24N4O3.ClH/c1-24-15-5-4-13(9-14(15)21-8-7-19-17(21)23)16(22)20-11-12-3-2-6-18-10-12;/h4-5,9,12,18H,2-3,6-8,10-11H2,1H3,(H,19,23)(H,20,22);1H. The van der Waals surface area contributed by atoms with Crippen LogP contribution in [0, 0.1) is 5.92 Å². The molecule has 2 aliphatic heterocycles. The molecule has 25 heavy (non-hydrogen) atoms. The first-order valence-corrected chi connectivity index (χ1v) is 8.41. The van der Waals surface area contributed by atoms with E-state index < -0.39 is 0 Å². The summed E-state index contributed by atoms with van der Waals surface area (Å²) < 4.78 is 5.33. The minimum Gasteiger partial charge on any atom is -0.495 e. The van der Waals surface area contributed by atoms with Crippen LogP contribution in [0.1, 0.15) is 23.2 Å². The van der Waals surface area contributed by atoms with Gasteiger partial charge in [0.25, 0.3) is 5.91 Å². The first-order valence-electron chi connectivity index (χ1n) is 8.41. The minimum atomic E-state index is -0.167. The molecule has 1 aromatic carbocycles. The number of nitrogens with one attached hydrogen (secondary N) is 3. The predicted molar refractivity (Wildman–Crippen MR) is 98.9 cm³/mol. The summed E-state index contributed by atoms with van der Waals surface area (Å²) in [5.41, 5.74) is 1.16. The first kappa shape index (κ1) is 19.3. The lowest BCUT2D eigenvalue weighted by Gasteiger charge is -2.23. The Kier molecular flexibility index (Phi) is 6.90. The lowest BCUT2D eigenvalue weighted by Crippen LogP contribution is -2.38. The third-order valence-corrected chi connectivity index (χ3v) is 4.54. The Bertz CT molecular complexity index is 620. The molecular weight excluding hydrogens is 344 g/mol. The van der Waals surface area contributed by atoms with Gasteiger partial charge in [0, 0.05) is 25.2 Å². The van der Waals surface area contributed by atoms with Crippen LogP contribution in [-0.4, -0.2) is 51.8 Å². The van der Waals surface area contributed by atoms with Crippen molar-refractivity contribution in [3.8, 4) is 5.75 Å². The maximum atomic E-state index is 12.4. The number of urea groups is 1. The number of anilines is 1. The van der Waals surface area contributed by atoms with Crippen molar-refractivity contribution in [3.05, 3.63) is 23.8 Å². The van der Waals surface area contributed by atoms with E-state index in [1.807, 2.05) is 0 Å². The van der Waals surface area contributed by atoms with E-state index in [1.165, 1.54) is 0 Å². The highest BCUT2D eigenvalue weighted by molar-refractivity contribution is 5.99. The fourth-order valence-corrected chi connectivity index (χ4v) is 3.18. The van der Waals surface area contributed by atoms with E-state index in [-0.39, 0.29) is 24.3 Å². The number of rotatable bonds is 5. The monoisotopic (exact) mass is 368 g/mol. The van der Waals surface area contributed by atoms with Gasteiger partial charge in [-0.1, -0.05) is 0 Å². The number of hydrogen-bond donors (Lipinski definition) is 3. The Morgan fingerprint density at radius 2 is 2.24 bits per heavy atom. The molecule has 7 nitrogen and oxygen atoms in total. The Hall–Kier alpha value is -1.99. The third kappa shape index (κ3) is 4.55. The van der Waals surface area contributed by atoms with Crippen molar-refractivity contribution in [1.82, 2.24) is 16.0 Å². The molecule has 0 saturated carbocycles. The molecule has 8 heteroatoms. The van der Waals surface area contributed by atoms with Crippen molar-refractivity contribution >= 4 is 30.0 Å². The largest absolute Gasteiger partial charge is 0.495 e. The normalized spacial score (nSPS) is 19.8. The zero-order valence-electron chi connectivity index (χ0n) is 14.3. The highest BCUT2D eigenvalue weighted by Gasteiger charge is 2.25. The molecule has 3 amide bonds. The molecule has 0 aromatic heterocycles. The number of ether oxygens (including phenoxy) is 1. The molecule has 0 aliphatic carbocycles. The van der Waals surface area contributed by atoms with Gasteiger partial charge in [-0.2, -0.15) is 0 Å². The van der Waals surface area contributed by atoms with E-state index in [2.05, 4.69) is 16.0 Å². The van der Waals surface area contributed by atoms with Crippen LogP contribution in [0.2, 0.25) is 0 Å². The molecule has 1 atom stereocenters. The maximum Gasteiger partial charge on any atom is 0.322 e. The molecule has 0 bridgehead atoms. The van der Waals surface area contributed by atoms with E-state index in [1.54, 1.807) is 30.2 Å². The topological polar surface area (TPSA) is 82.7 Å². The Morgan fingerprint density at radius 3 is 2.88 bits per heavy atom. The zero-order valence-corrected chi connectivity index (χ0v) is 15.2. The Labute approximate surface area is 153 Å². The van der Waals surface area contributed by atoms with Crippen LogP contribution in [0.4, 0.5) is 10.5 Å². The maximum absolute atomic E-state index is 12.4. The lowest BCUT2D eigenvalue weighted by molar-refractivity contribution is 0.0944. The van der Waals surface area contributed by atoms with Gasteiger partial charge in [0.2, 0.25) is 0 Å². The number of halogens is 1. The lowest BCUT2D eigenvalue weighted by atomic mass is 9.99. The summed E-state index contributed by atoms with van der Waals surface area (Å²) in [4.78, 5) is 26.0. The second-order valence-corrected chi connectivity index (χ2v) is 6.19. The summed E-state index contributed by atoms with van der Waals surface area (Å²) in [6, 6.07) is 5.01. The average Bonchev–Trinajstić information content (AvgIpc) is 3.05. The van der Waals surface area contributed by atoms with Crippen molar-refractivity contribution in [3.63, 3.8) is 0 Å². The second kappa shape index (κ2) is 8.92. The molecule has 2 aliphatic rings. The molecule has 3 rings (SSSR count). The Morgan fingerprint density at radius 1 is 1.40 bits per heavy atom. The third-order valence-electron chi connectivity index (χ3n) is 4.54. The van der Waals surface area contributed by atoms with Crippen LogP contribution in [0.5, 0.6) is 5.75 Å². The van der Waals surface area contributed by atoms with Crippen LogP contribution in [-0.2, 0) is 0 Å². The van der Waals surface area contributed by atoms with Crippen LogP contribution in [0.3, 0.4) is 0 Å². The quantitative estimate of drug-likeness (QED) is 0.733. The van der Waals surface area contributed by atoms with Gasteiger partial charge in [0.1, 0.15) is 5.75 Å². The van der Waals surface area contributed by atoms with Crippen molar-refractivity contribution in [1.29, 1.82) is 0 Å². The van der Waals surface area contributed by atoms with Gasteiger partial charge in [-0.3, -0.25) is 9.69 Å². The summed E-state index contributed by atoms with van der Waals surface area (Å²) in [5, 5.41) is 9.10. The van der Waals surface area contributed by atoms with Gasteiger partial charge in [-0.15, -0.1) is 12.4 Å². The number of carbonyl (C=O) groups excluding carboxylic acids is 2. The fraction of sp³-hybridized carbons (Fsp3) is 0.529. The molecular formula is C17H25ClN4O3. The van der Waals surface area contributed by atoms with Crippen LogP contribution >= 0.6 is 12.4 Å². The molecule has 3 N–H and O–H groups in total. The molecule has 2 heterocycles. The van der Waals surface area contributed by atoms with Gasteiger partial charge < -0.3 is 20.7 Å². The van der Waals surface area contributed by atoms with Crippen molar-refractivity contribution < 1.29 is 14.3 Å². The molecule has 1 aromatic rings. The number of amides is 3. The second-order valence-electron chi connectivity index (χ2n) is 6.19. The molecule has 1 unspecified atom stereocenters. The van der Waals surface area contributed by atoms with Gasteiger partial charge in [0.15, 0.2) is 0 Å². The highest BCUT2D eigenvalue weighted by Crippen LogP contribution is 2.30. The first-order chi connectivity index (χ1) is 11.7. The van der Waals surface area contributed by atoms with E-state index in [9.17, 15) is 9.59 Å². The van der Waals surface area contributed by atoms with E-state index in [0.717, 1.165) is 25.9 Å². The highest BCUT2D eigenvalue weighted by atomic mass is 35.5. The fourth-order valence-electron chi connectivity index (χ4n) is 3.18. The van der Waals surface area contributed by atoms with Gasteiger partial charge in [-0.25, -0.2) is 4.79 Å². The van der Waals surface area contributed by atoms with E-state index in [4.69, 9.17) is 4.74 Å². The average molecular weight is 369 g/mol. The van der Waals surface area contributed by atoms with Crippen molar-refractivity contribution in [2.45, 2.75) is 12.8 Å². The number of benzene rings is 1. The number of hydrogen-bond acceptors (Lipinski definition) is 4. The van der Waals surface area contributed by atoms with Gasteiger partial charge >= 0.3 is 6.03 Å². The minimum absolute atomic E-state index is 0. The van der Waals surface area contributed by atoms with E-state index >= 15 is 0 Å². The number of nitrogens with zero attached hydrogens (tertiary/aromatic N) is 1. The number of methoxy groups -OCH3 is 1. The SMILES string of the molecule is COc1ccc(C(=O)NCC2CCCNC2)cc1N1CCNC1=O.Cl. The zero-order chi connectivity index (χ0) is 16.9. The van der Waals surface area contributed by atoms with Gasteiger partial charge in [0.05, 0.1) is 12.8 Å². The molecule has 2 saturated heterocycles. The molecule has 2 fully saturated rings. The van der Waals surface area contributed by atoms with Crippen LogP contribution in [0.15, 0.2) is 18.2 Å². The summed E-state index contributed by atoms with van der Waals surface area (Å²) in [7, 11) is 1.56. The summed E-state index contributed by atoms with van der Waals surface area (Å²) >= 11 is 0. The van der Waals surface area contributed by atoms with Crippen LogP contribution in [0.25, 0.3) is 0 Å². The van der Waals surface area contributed by atoms with Gasteiger partial charge in [-0.05, 0) is 50.0 Å². The summed E-state index contributed by atoms with van der Waals surface area (Å²) in [6.07, 6.45) is 2.28. The summed E-state index contributed by atoms with van der Waals surface area (Å²) in [6.45, 7) is 3.82. The smallest absolute Gasteiger partial charge is 0.322 e. The van der Waals surface area contributed by atoms with Crippen molar-refractivity contribution in [2.24, 2.45) is 5.92 Å².